The number of hydrogen-bond donors (Lipinski definition) is 1. The van der Waals surface area contributed by atoms with Crippen LogP contribution >= 0.6 is 0 Å². The van der Waals surface area contributed by atoms with E-state index in [4.69, 9.17) is 9.47 Å². The van der Waals surface area contributed by atoms with Crippen molar-refractivity contribution in [3.8, 4) is 11.3 Å². The Balaban J connectivity index is 1.10. The Labute approximate surface area is 400 Å². The third-order valence-corrected chi connectivity index (χ3v) is 15.3. The number of alkyl halides is 1. The number of rotatable bonds is 9. The minimum absolute atomic E-state index is 0.0380. The van der Waals surface area contributed by atoms with Crippen molar-refractivity contribution in [2.24, 2.45) is 5.92 Å². The molecule has 1 N–H and O–H groups in total. The smallest absolute Gasteiger partial charge is 0.258 e. The molecule has 8 nitrogen and oxygen atoms in total. The van der Waals surface area contributed by atoms with Gasteiger partial charge in [0.05, 0.1) is 26.0 Å². The zero-order chi connectivity index (χ0) is 46.6. The van der Waals surface area contributed by atoms with Gasteiger partial charge in [-0.05, 0) is 57.2 Å². The van der Waals surface area contributed by atoms with Crippen LogP contribution in [0.3, 0.4) is 0 Å². The molecule has 1 aromatic carbocycles. The summed E-state index contributed by atoms with van der Waals surface area (Å²) in [4.78, 5) is 27.4. The lowest BCUT2D eigenvalue weighted by Crippen LogP contribution is -2.57. The molecule has 1 atom stereocenters. The molecule has 1 aromatic heterocycles. The first-order chi connectivity index (χ1) is 32.3. The van der Waals surface area contributed by atoms with E-state index in [1.165, 1.54) is 173 Å². The maximum Gasteiger partial charge on any atom is 0.258 e. The van der Waals surface area contributed by atoms with Gasteiger partial charge in [-0.1, -0.05) is 191 Å². The van der Waals surface area contributed by atoms with Gasteiger partial charge in [-0.25, -0.2) is 18.7 Å². The number of carbonyl (C=O) groups is 1. The van der Waals surface area contributed by atoms with Gasteiger partial charge in [0.25, 0.3) is 5.91 Å². The third-order valence-electron chi connectivity index (χ3n) is 15.3. The molecule has 1 amide bonds. The highest BCUT2D eigenvalue weighted by molar-refractivity contribution is 5.86. The Morgan fingerprint density at radius 1 is 0.652 bits per heavy atom. The number of aromatic nitrogens is 2. The van der Waals surface area contributed by atoms with Gasteiger partial charge in [-0.2, -0.15) is 0 Å². The fourth-order valence-electron chi connectivity index (χ4n) is 10.6. The number of hydrogen-bond acceptors (Lipinski definition) is 7. The number of benzene rings is 1. The van der Waals surface area contributed by atoms with Crippen molar-refractivity contribution in [1.29, 1.82) is 0 Å². The fraction of sp³-hybridized carbons (Fsp3) is 0.804. The molecule has 4 saturated heterocycles. The van der Waals surface area contributed by atoms with E-state index in [1.807, 2.05) is 29.2 Å². The second kappa shape index (κ2) is 31.4. The summed E-state index contributed by atoms with van der Waals surface area (Å²) in [6.45, 7) is 7.36. The number of carbonyl (C=O) groups excluding carboxylic acids is 1. The Morgan fingerprint density at radius 2 is 1.15 bits per heavy atom. The van der Waals surface area contributed by atoms with Gasteiger partial charge in [0.15, 0.2) is 11.5 Å². The van der Waals surface area contributed by atoms with Crippen molar-refractivity contribution in [2.75, 3.05) is 57.9 Å². The van der Waals surface area contributed by atoms with Crippen LogP contribution in [0, 0.1) is 11.7 Å². The monoisotopic (exact) mass is 922 g/mol. The van der Waals surface area contributed by atoms with Gasteiger partial charge in [-0.3, -0.25) is 4.79 Å². The van der Waals surface area contributed by atoms with Crippen LogP contribution in [0.5, 0.6) is 0 Å². The Bertz CT molecular complexity index is 1580. The predicted octanol–water partition coefficient (Wildman–Crippen LogP) is 14.3. The molecule has 66 heavy (non-hydrogen) atoms. The fourth-order valence-corrected chi connectivity index (χ4v) is 10.6. The average molecular weight is 922 g/mol. The summed E-state index contributed by atoms with van der Waals surface area (Å²) in [6, 6.07) is 7.46. The van der Waals surface area contributed by atoms with Crippen LogP contribution in [0.1, 0.15) is 218 Å². The van der Waals surface area contributed by atoms with E-state index in [-0.39, 0.29) is 31.6 Å². The van der Waals surface area contributed by atoms with Crippen molar-refractivity contribution < 1.29 is 23.0 Å². The molecule has 10 heteroatoms. The highest BCUT2D eigenvalue weighted by Crippen LogP contribution is 2.33. The lowest BCUT2D eigenvalue weighted by Gasteiger charge is -2.40. The standard InChI is InChI=1S/C56H93F2N5O3/c1-55(61-53(64)56(58)37-42-63(43-38-56)54-59-46-51(57)52(60-54)50-31-29-49(30-32-50)47-66-45-44-65-2)35-27-25-23-21-19-17-15-13-11-9-7-5-3-4-6-8-10-12-14-16-18-20-22-24-26-28-48-33-39-62(40-34-48)41-36-55/h29-32,46,48H,3-28,33-45,47H2,1-2H3,(H,61,64). The molecule has 0 saturated carbocycles. The molecule has 4 fully saturated rings. The summed E-state index contributed by atoms with van der Waals surface area (Å²) in [5, 5.41) is 3.32. The number of amides is 1. The number of nitrogens with one attached hydrogen (secondary N) is 1. The topological polar surface area (TPSA) is 79.8 Å². The molecule has 0 aliphatic carbocycles. The van der Waals surface area contributed by atoms with E-state index in [2.05, 4.69) is 27.1 Å². The molecule has 374 valence electrons. The third kappa shape index (κ3) is 20.5. The predicted molar refractivity (Wildman–Crippen MR) is 269 cm³/mol. The first-order valence-corrected chi connectivity index (χ1v) is 27.4. The van der Waals surface area contributed by atoms with E-state index < -0.39 is 22.9 Å². The van der Waals surface area contributed by atoms with Gasteiger partial charge in [-0.15, -0.1) is 0 Å². The molecule has 1 unspecified atom stereocenters. The summed E-state index contributed by atoms with van der Waals surface area (Å²) in [5.41, 5.74) is -0.652. The maximum atomic E-state index is 16.8. The summed E-state index contributed by atoms with van der Waals surface area (Å²) >= 11 is 0. The second-order valence-electron chi connectivity index (χ2n) is 21.0. The average Bonchev–Trinajstić information content (AvgIpc) is 3.33. The molecule has 0 spiro atoms. The number of fused-ring (bicyclic) bond motifs is 31. The van der Waals surface area contributed by atoms with Crippen LogP contribution in [0.2, 0.25) is 0 Å². The Kier molecular flexibility index (Phi) is 25.8. The largest absolute Gasteiger partial charge is 0.382 e. The van der Waals surface area contributed by atoms with E-state index in [0.717, 1.165) is 56.8 Å². The minimum Gasteiger partial charge on any atom is -0.382 e. The summed E-state index contributed by atoms with van der Waals surface area (Å²) < 4.78 is 42.5. The number of halogens is 2. The van der Waals surface area contributed by atoms with Crippen LogP contribution < -0.4 is 10.2 Å². The lowest BCUT2D eigenvalue weighted by atomic mass is 9.86. The van der Waals surface area contributed by atoms with E-state index in [0.29, 0.717) is 31.3 Å². The number of methoxy groups -OCH3 is 1. The molecule has 5 heterocycles. The van der Waals surface area contributed by atoms with Crippen molar-refractivity contribution in [3.63, 3.8) is 0 Å². The van der Waals surface area contributed by atoms with E-state index in [1.54, 1.807) is 7.11 Å². The van der Waals surface area contributed by atoms with Gasteiger partial charge in [0.1, 0.15) is 5.69 Å². The molecule has 6 rings (SSSR count). The zero-order valence-corrected chi connectivity index (χ0v) is 42.0. The second-order valence-corrected chi connectivity index (χ2v) is 21.0. The normalized spacial score (nSPS) is 25.4. The Morgan fingerprint density at radius 3 is 1.67 bits per heavy atom. The minimum atomic E-state index is -1.98. The first-order valence-electron chi connectivity index (χ1n) is 27.4. The lowest BCUT2D eigenvalue weighted by molar-refractivity contribution is -0.136. The number of ether oxygens (including phenoxy) is 2. The molecule has 4 aliphatic rings. The van der Waals surface area contributed by atoms with E-state index in [9.17, 15) is 4.79 Å². The quantitative estimate of drug-likeness (QED) is 0.251. The van der Waals surface area contributed by atoms with Gasteiger partial charge in [0, 0.05) is 50.7 Å². The van der Waals surface area contributed by atoms with Gasteiger partial charge in [0.2, 0.25) is 5.95 Å². The van der Waals surface area contributed by atoms with Gasteiger partial charge < -0.3 is 24.6 Å². The summed E-state index contributed by atoms with van der Waals surface area (Å²) in [6.07, 6.45) is 41.1. The van der Waals surface area contributed by atoms with Crippen LogP contribution in [0.4, 0.5) is 14.7 Å². The zero-order valence-electron chi connectivity index (χ0n) is 42.0. The highest BCUT2D eigenvalue weighted by Gasteiger charge is 2.44. The molecular formula is C56H93F2N5O3. The van der Waals surface area contributed by atoms with Crippen molar-refractivity contribution in [3.05, 3.63) is 41.8 Å². The first kappa shape index (κ1) is 54.3. The van der Waals surface area contributed by atoms with Crippen LogP contribution in [0.25, 0.3) is 11.3 Å². The molecule has 2 aromatic rings. The number of piperidine rings is 2. The van der Waals surface area contributed by atoms with Crippen LogP contribution in [0.15, 0.2) is 30.5 Å². The molecule has 0 radical (unpaired) electrons. The molecule has 2 bridgehead atoms. The number of nitrogens with zero attached hydrogens (tertiary/aromatic N) is 4. The van der Waals surface area contributed by atoms with Crippen molar-refractivity contribution in [1.82, 2.24) is 20.2 Å². The maximum absolute atomic E-state index is 16.8. The number of anilines is 1. The van der Waals surface area contributed by atoms with Gasteiger partial charge >= 0.3 is 0 Å². The summed E-state index contributed by atoms with van der Waals surface area (Å²) in [7, 11) is 1.64. The van der Waals surface area contributed by atoms with Crippen molar-refractivity contribution >= 4 is 11.9 Å². The van der Waals surface area contributed by atoms with Crippen LogP contribution in [-0.2, 0) is 20.9 Å². The Hall–Kier alpha value is -2.69. The van der Waals surface area contributed by atoms with Crippen molar-refractivity contribution in [2.45, 2.75) is 230 Å². The van der Waals surface area contributed by atoms with E-state index >= 15 is 8.78 Å². The summed E-state index contributed by atoms with van der Waals surface area (Å²) in [5.74, 6) is 0.187. The molecular weight excluding hydrogens is 829 g/mol. The highest BCUT2D eigenvalue weighted by atomic mass is 19.1. The molecule has 4 aliphatic heterocycles. The van der Waals surface area contributed by atoms with Crippen LogP contribution in [-0.4, -0.2) is 85.0 Å². The SMILES string of the molecule is COCCOCc1ccc(-c2nc(N3CCC(F)(C(=O)NC4(C)CCCCCCCCCCCCCCCCCCCCCCCCCCCC5CCN(CC5)CC4)CC3)ncc2F)cc1.